The van der Waals surface area contributed by atoms with E-state index in [0.29, 0.717) is 31.2 Å². The van der Waals surface area contributed by atoms with Gasteiger partial charge in [-0.2, -0.15) is 0 Å². The van der Waals surface area contributed by atoms with Crippen LogP contribution in [0.5, 0.6) is 11.5 Å². The molecule has 0 aromatic heterocycles. The molecule has 1 aliphatic rings. The summed E-state index contributed by atoms with van der Waals surface area (Å²) in [7, 11) is 3.22. The SMILES string of the molecule is COc1cc(Br)cc(OC)c1COC1CN(C(=O)OC(C)(C)C)C1. The van der Waals surface area contributed by atoms with Crippen LogP contribution in [0.3, 0.4) is 0 Å². The quantitative estimate of drug-likeness (QED) is 0.754. The predicted octanol–water partition coefficient (Wildman–Crippen LogP) is 3.60. The molecule has 0 radical (unpaired) electrons. The lowest BCUT2D eigenvalue weighted by Crippen LogP contribution is -2.55. The number of carbonyl (C=O) groups is 1. The number of carbonyl (C=O) groups excluding carboxylic acids is 1. The first kappa shape index (κ1) is 18.9. The van der Waals surface area contributed by atoms with E-state index in [4.69, 9.17) is 18.9 Å². The largest absolute Gasteiger partial charge is 0.496 e. The summed E-state index contributed by atoms with van der Waals surface area (Å²) >= 11 is 3.42. The summed E-state index contributed by atoms with van der Waals surface area (Å²) in [6.45, 7) is 6.96. The third-order valence-electron chi connectivity index (χ3n) is 3.54. The summed E-state index contributed by atoms with van der Waals surface area (Å²) in [4.78, 5) is 13.5. The minimum atomic E-state index is -0.485. The number of hydrogen-bond donors (Lipinski definition) is 0. The standard InChI is InChI=1S/C17H24BrNO5/c1-17(2,3)24-16(20)19-8-12(9-19)23-10-13-14(21-4)6-11(18)7-15(13)22-5/h6-7,12H,8-10H2,1-5H3. The van der Waals surface area contributed by atoms with E-state index in [1.54, 1.807) is 19.1 Å². The number of methoxy groups -OCH3 is 2. The van der Waals surface area contributed by atoms with Gasteiger partial charge in [0.15, 0.2) is 0 Å². The summed E-state index contributed by atoms with van der Waals surface area (Å²) < 4.78 is 22.9. The van der Waals surface area contributed by atoms with Crippen LogP contribution in [0.2, 0.25) is 0 Å². The highest BCUT2D eigenvalue weighted by Gasteiger charge is 2.34. The Labute approximate surface area is 151 Å². The Morgan fingerprint density at radius 1 is 1.21 bits per heavy atom. The lowest BCUT2D eigenvalue weighted by molar-refractivity contribution is -0.0697. The molecule has 6 nitrogen and oxygen atoms in total. The molecule has 1 heterocycles. The second kappa shape index (κ2) is 7.61. The molecule has 1 aromatic rings. The fourth-order valence-electron chi connectivity index (χ4n) is 2.31. The molecule has 24 heavy (non-hydrogen) atoms. The van der Waals surface area contributed by atoms with Crippen LogP contribution < -0.4 is 9.47 Å². The number of rotatable bonds is 5. The molecule has 2 rings (SSSR count). The minimum absolute atomic E-state index is 0.0180. The highest BCUT2D eigenvalue weighted by Crippen LogP contribution is 2.34. The van der Waals surface area contributed by atoms with Crippen molar-refractivity contribution in [1.29, 1.82) is 0 Å². The van der Waals surface area contributed by atoms with E-state index >= 15 is 0 Å². The van der Waals surface area contributed by atoms with Crippen LogP contribution in [0.1, 0.15) is 26.3 Å². The average Bonchev–Trinajstić information content (AvgIpc) is 2.43. The first-order valence-corrected chi connectivity index (χ1v) is 8.52. The zero-order chi connectivity index (χ0) is 17.9. The normalized spacial score (nSPS) is 15.0. The molecule has 0 aliphatic carbocycles. The third kappa shape index (κ3) is 4.77. The number of hydrogen-bond acceptors (Lipinski definition) is 5. The van der Waals surface area contributed by atoms with Crippen molar-refractivity contribution in [2.75, 3.05) is 27.3 Å². The zero-order valence-corrected chi connectivity index (χ0v) is 16.3. The fraction of sp³-hybridized carbons (Fsp3) is 0.588. The minimum Gasteiger partial charge on any atom is -0.496 e. The van der Waals surface area contributed by atoms with Crippen molar-refractivity contribution >= 4 is 22.0 Å². The van der Waals surface area contributed by atoms with Crippen molar-refractivity contribution in [2.24, 2.45) is 0 Å². The van der Waals surface area contributed by atoms with Gasteiger partial charge in [-0.25, -0.2) is 4.79 Å². The fourth-order valence-corrected chi connectivity index (χ4v) is 2.73. The van der Waals surface area contributed by atoms with Crippen LogP contribution in [-0.2, 0) is 16.1 Å². The van der Waals surface area contributed by atoms with Crippen LogP contribution in [0.4, 0.5) is 4.79 Å². The van der Waals surface area contributed by atoms with Crippen LogP contribution in [-0.4, -0.2) is 50.0 Å². The second-order valence-electron chi connectivity index (χ2n) is 6.61. The summed E-state index contributed by atoms with van der Waals surface area (Å²) in [6.07, 6.45) is -0.322. The van der Waals surface area contributed by atoms with Gasteiger partial charge in [0.2, 0.25) is 0 Å². The maximum atomic E-state index is 11.9. The molecule has 1 fully saturated rings. The number of nitrogens with zero attached hydrogens (tertiary/aromatic N) is 1. The van der Waals surface area contributed by atoms with Crippen LogP contribution in [0.25, 0.3) is 0 Å². The molecule has 0 bridgehead atoms. The van der Waals surface area contributed by atoms with Crippen molar-refractivity contribution < 1.29 is 23.7 Å². The molecule has 0 N–H and O–H groups in total. The monoisotopic (exact) mass is 401 g/mol. The van der Waals surface area contributed by atoms with Gasteiger partial charge in [0.05, 0.1) is 45.6 Å². The Morgan fingerprint density at radius 2 is 1.75 bits per heavy atom. The lowest BCUT2D eigenvalue weighted by atomic mass is 10.1. The predicted molar refractivity (Wildman–Crippen MR) is 93.6 cm³/mol. The van der Waals surface area contributed by atoms with E-state index in [-0.39, 0.29) is 12.2 Å². The first-order chi connectivity index (χ1) is 11.2. The smallest absolute Gasteiger partial charge is 0.410 e. The molecule has 134 valence electrons. The van der Waals surface area contributed by atoms with Crippen molar-refractivity contribution in [3.63, 3.8) is 0 Å². The van der Waals surface area contributed by atoms with Crippen LogP contribution in [0.15, 0.2) is 16.6 Å². The number of benzene rings is 1. The topological polar surface area (TPSA) is 57.2 Å². The maximum Gasteiger partial charge on any atom is 0.410 e. The van der Waals surface area contributed by atoms with Crippen molar-refractivity contribution in [3.05, 3.63) is 22.2 Å². The van der Waals surface area contributed by atoms with Gasteiger partial charge < -0.3 is 23.8 Å². The molecule has 1 aromatic carbocycles. The van der Waals surface area contributed by atoms with Gasteiger partial charge in [-0.05, 0) is 32.9 Å². The Morgan fingerprint density at radius 3 is 2.21 bits per heavy atom. The summed E-state index contributed by atoms with van der Waals surface area (Å²) in [5.41, 5.74) is 0.361. The number of halogens is 1. The van der Waals surface area contributed by atoms with E-state index in [1.807, 2.05) is 32.9 Å². The number of ether oxygens (including phenoxy) is 4. The molecule has 7 heteroatoms. The molecule has 1 aliphatic heterocycles. The van der Waals surface area contributed by atoms with Gasteiger partial charge in [-0.3, -0.25) is 0 Å². The highest BCUT2D eigenvalue weighted by atomic mass is 79.9. The molecule has 1 amide bonds. The Balaban J connectivity index is 1.89. The van der Waals surface area contributed by atoms with E-state index in [1.165, 1.54) is 0 Å². The molecular weight excluding hydrogens is 378 g/mol. The van der Waals surface area contributed by atoms with Gasteiger partial charge >= 0.3 is 6.09 Å². The Hall–Kier alpha value is -1.47. The van der Waals surface area contributed by atoms with Gasteiger partial charge in [0.1, 0.15) is 17.1 Å². The average molecular weight is 402 g/mol. The number of likely N-dealkylation sites (tertiary alicyclic amines) is 1. The van der Waals surface area contributed by atoms with E-state index in [9.17, 15) is 4.79 Å². The van der Waals surface area contributed by atoms with Crippen LogP contribution >= 0.6 is 15.9 Å². The van der Waals surface area contributed by atoms with Gasteiger partial charge in [-0.1, -0.05) is 15.9 Å². The maximum absolute atomic E-state index is 11.9. The molecule has 1 saturated heterocycles. The van der Waals surface area contributed by atoms with Gasteiger partial charge in [-0.15, -0.1) is 0 Å². The summed E-state index contributed by atoms with van der Waals surface area (Å²) in [5.74, 6) is 1.40. The highest BCUT2D eigenvalue weighted by molar-refractivity contribution is 9.10. The van der Waals surface area contributed by atoms with E-state index < -0.39 is 5.60 Å². The first-order valence-electron chi connectivity index (χ1n) is 7.73. The molecule has 0 spiro atoms. The van der Waals surface area contributed by atoms with Crippen molar-refractivity contribution in [1.82, 2.24) is 4.90 Å². The van der Waals surface area contributed by atoms with Crippen molar-refractivity contribution in [2.45, 2.75) is 39.1 Å². The summed E-state index contributed by atoms with van der Waals surface area (Å²) in [6, 6.07) is 3.74. The summed E-state index contributed by atoms with van der Waals surface area (Å²) in [5, 5.41) is 0. The Kier molecular flexibility index (Phi) is 5.98. The molecule has 0 atom stereocenters. The molecule has 0 unspecified atom stereocenters. The molecule has 0 saturated carbocycles. The molecular formula is C17H24BrNO5. The van der Waals surface area contributed by atoms with Crippen LogP contribution in [0, 0.1) is 0 Å². The number of amides is 1. The van der Waals surface area contributed by atoms with Crippen molar-refractivity contribution in [3.8, 4) is 11.5 Å². The van der Waals surface area contributed by atoms with E-state index in [2.05, 4.69) is 15.9 Å². The third-order valence-corrected chi connectivity index (χ3v) is 3.99. The van der Waals surface area contributed by atoms with Gasteiger partial charge in [0, 0.05) is 4.47 Å². The zero-order valence-electron chi connectivity index (χ0n) is 14.7. The lowest BCUT2D eigenvalue weighted by Gasteiger charge is -2.39. The van der Waals surface area contributed by atoms with E-state index in [0.717, 1.165) is 10.0 Å². The Bertz CT molecular complexity index is 568. The second-order valence-corrected chi connectivity index (χ2v) is 7.52. The van der Waals surface area contributed by atoms with Gasteiger partial charge in [0.25, 0.3) is 0 Å².